The van der Waals surface area contributed by atoms with Crippen LogP contribution in [-0.4, -0.2) is 7.11 Å². The average Bonchev–Trinajstić information content (AvgIpc) is 2.05. The Hall–Kier alpha value is -1.02. The van der Waals surface area contributed by atoms with Crippen molar-refractivity contribution in [2.24, 2.45) is 5.73 Å². The molecule has 0 radical (unpaired) electrons. The summed E-state index contributed by atoms with van der Waals surface area (Å²) in [6, 6.07) is 6.03. The summed E-state index contributed by atoms with van der Waals surface area (Å²) in [4.78, 5) is 0. The van der Waals surface area contributed by atoms with Crippen LogP contribution in [-0.2, 0) is 0 Å². The van der Waals surface area contributed by atoms with Crippen molar-refractivity contribution in [3.05, 3.63) is 29.3 Å². The highest BCUT2D eigenvalue weighted by atomic mass is 16.5. The third-order valence-electron chi connectivity index (χ3n) is 1.98. The summed E-state index contributed by atoms with van der Waals surface area (Å²) in [7, 11) is 1.66. The van der Waals surface area contributed by atoms with Crippen LogP contribution in [0.3, 0.4) is 0 Å². The first-order valence-electron chi connectivity index (χ1n) is 4.05. The van der Waals surface area contributed by atoms with Crippen molar-refractivity contribution in [3.8, 4) is 5.75 Å². The summed E-state index contributed by atoms with van der Waals surface area (Å²) in [5.41, 5.74) is 8.14. The van der Waals surface area contributed by atoms with E-state index in [4.69, 9.17) is 10.5 Å². The molecule has 2 nitrogen and oxygen atoms in total. The number of nitrogens with two attached hydrogens (primary N) is 1. The molecule has 66 valence electrons. The Morgan fingerprint density at radius 2 is 2.08 bits per heavy atom. The molecule has 0 amide bonds. The molecule has 0 saturated heterocycles. The molecular weight excluding hydrogens is 150 g/mol. The summed E-state index contributed by atoms with van der Waals surface area (Å²) in [5.74, 6) is 0.868. The summed E-state index contributed by atoms with van der Waals surface area (Å²) in [6.07, 6.45) is 0. The number of aryl methyl sites for hydroxylation is 1. The van der Waals surface area contributed by atoms with Crippen molar-refractivity contribution in [2.75, 3.05) is 7.11 Å². The van der Waals surface area contributed by atoms with Crippen LogP contribution in [0.4, 0.5) is 0 Å². The molecule has 1 atom stereocenters. The van der Waals surface area contributed by atoms with Crippen LogP contribution in [0.25, 0.3) is 0 Å². The monoisotopic (exact) mass is 165 g/mol. The lowest BCUT2D eigenvalue weighted by atomic mass is 10.0. The van der Waals surface area contributed by atoms with E-state index in [1.54, 1.807) is 7.11 Å². The van der Waals surface area contributed by atoms with E-state index in [1.807, 2.05) is 25.1 Å². The second-order valence-corrected chi connectivity index (χ2v) is 3.01. The topological polar surface area (TPSA) is 35.2 Å². The van der Waals surface area contributed by atoms with Gasteiger partial charge in [-0.2, -0.15) is 0 Å². The molecule has 2 N–H and O–H groups in total. The smallest absolute Gasteiger partial charge is 0.119 e. The van der Waals surface area contributed by atoms with E-state index >= 15 is 0 Å². The summed E-state index contributed by atoms with van der Waals surface area (Å²) < 4.78 is 5.10. The molecule has 0 heterocycles. The number of ether oxygens (including phenoxy) is 1. The Balaban J connectivity index is 3.08. The predicted molar refractivity (Wildman–Crippen MR) is 50.3 cm³/mol. The van der Waals surface area contributed by atoms with E-state index in [0.717, 1.165) is 11.3 Å². The second kappa shape index (κ2) is 3.59. The normalized spacial score (nSPS) is 12.7. The van der Waals surface area contributed by atoms with E-state index in [-0.39, 0.29) is 6.04 Å². The van der Waals surface area contributed by atoms with Gasteiger partial charge in [0.1, 0.15) is 5.75 Å². The maximum absolute atomic E-state index is 5.78. The first-order chi connectivity index (χ1) is 5.65. The zero-order valence-electron chi connectivity index (χ0n) is 7.79. The molecule has 0 saturated carbocycles. The largest absolute Gasteiger partial charge is 0.497 e. The van der Waals surface area contributed by atoms with Crippen molar-refractivity contribution < 1.29 is 4.74 Å². The van der Waals surface area contributed by atoms with E-state index in [0.29, 0.717) is 0 Å². The lowest BCUT2D eigenvalue weighted by molar-refractivity contribution is 0.414. The Kier molecular flexibility index (Phi) is 2.71. The molecular formula is C10H15NO. The molecule has 1 aromatic carbocycles. The van der Waals surface area contributed by atoms with Gasteiger partial charge in [-0.3, -0.25) is 0 Å². The van der Waals surface area contributed by atoms with Crippen LogP contribution in [0, 0.1) is 6.92 Å². The van der Waals surface area contributed by atoms with Gasteiger partial charge in [-0.25, -0.2) is 0 Å². The number of hydrogen-bond donors (Lipinski definition) is 1. The van der Waals surface area contributed by atoms with Crippen molar-refractivity contribution in [1.82, 2.24) is 0 Å². The van der Waals surface area contributed by atoms with E-state index in [2.05, 4.69) is 6.92 Å². The fourth-order valence-corrected chi connectivity index (χ4v) is 1.24. The first kappa shape index (κ1) is 9.07. The maximum atomic E-state index is 5.78. The number of methoxy groups -OCH3 is 1. The average molecular weight is 165 g/mol. The predicted octanol–water partition coefficient (Wildman–Crippen LogP) is 2.02. The Morgan fingerprint density at radius 3 is 2.58 bits per heavy atom. The van der Waals surface area contributed by atoms with Crippen LogP contribution in [0.15, 0.2) is 18.2 Å². The third kappa shape index (κ3) is 1.77. The second-order valence-electron chi connectivity index (χ2n) is 3.01. The molecule has 0 unspecified atom stereocenters. The van der Waals surface area contributed by atoms with Crippen LogP contribution in [0.2, 0.25) is 0 Å². The molecule has 0 aliphatic carbocycles. The van der Waals surface area contributed by atoms with Crippen molar-refractivity contribution in [3.63, 3.8) is 0 Å². The first-order valence-corrected chi connectivity index (χ1v) is 4.05. The molecule has 0 fully saturated rings. The highest BCUT2D eigenvalue weighted by molar-refractivity contribution is 5.36. The molecule has 2 heteroatoms. The molecule has 1 aromatic rings. The standard InChI is InChI=1S/C10H15NO/c1-7-4-5-9(12-3)6-10(7)8(2)11/h4-6,8H,11H2,1-3H3/t8-/m0/s1. The zero-order valence-corrected chi connectivity index (χ0v) is 7.79. The number of benzene rings is 1. The van der Waals surface area contributed by atoms with Gasteiger partial charge in [0.15, 0.2) is 0 Å². The maximum Gasteiger partial charge on any atom is 0.119 e. The molecule has 0 aromatic heterocycles. The van der Waals surface area contributed by atoms with Gasteiger partial charge in [0.05, 0.1) is 7.11 Å². The molecule has 12 heavy (non-hydrogen) atoms. The van der Waals surface area contributed by atoms with Crippen LogP contribution in [0.1, 0.15) is 24.1 Å². The molecule has 0 bridgehead atoms. The molecule has 0 spiro atoms. The minimum absolute atomic E-state index is 0.0695. The molecule has 0 aliphatic rings. The highest BCUT2D eigenvalue weighted by Gasteiger charge is 2.04. The van der Waals surface area contributed by atoms with Crippen LogP contribution >= 0.6 is 0 Å². The van der Waals surface area contributed by atoms with Crippen LogP contribution in [0.5, 0.6) is 5.75 Å². The molecule has 1 rings (SSSR count). The fourth-order valence-electron chi connectivity index (χ4n) is 1.24. The van der Waals surface area contributed by atoms with E-state index < -0.39 is 0 Å². The van der Waals surface area contributed by atoms with Gasteiger partial charge < -0.3 is 10.5 Å². The summed E-state index contributed by atoms with van der Waals surface area (Å²) >= 11 is 0. The third-order valence-corrected chi connectivity index (χ3v) is 1.98. The van der Waals surface area contributed by atoms with Gasteiger partial charge in [-0.05, 0) is 37.1 Å². The number of hydrogen-bond acceptors (Lipinski definition) is 2. The van der Waals surface area contributed by atoms with Gasteiger partial charge >= 0.3 is 0 Å². The van der Waals surface area contributed by atoms with Gasteiger partial charge in [0, 0.05) is 6.04 Å². The Morgan fingerprint density at radius 1 is 1.42 bits per heavy atom. The van der Waals surface area contributed by atoms with Gasteiger partial charge in [-0.1, -0.05) is 6.07 Å². The van der Waals surface area contributed by atoms with Crippen molar-refractivity contribution >= 4 is 0 Å². The zero-order chi connectivity index (χ0) is 9.14. The van der Waals surface area contributed by atoms with E-state index in [1.165, 1.54) is 5.56 Å². The van der Waals surface area contributed by atoms with Gasteiger partial charge in [0.2, 0.25) is 0 Å². The van der Waals surface area contributed by atoms with Gasteiger partial charge in [-0.15, -0.1) is 0 Å². The lowest BCUT2D eigenvalue weighted by Gasteiger charge is -2.10. The minimum atomic E-state index is 0.0695. The summed E-state index contributed by atoms with van der Waals surface area (Å²) in [6.45, 7) is 4.03. The Bertz CT molecular complexity index is 269. The SMILES string of the molecule is COc1ccc(C)c([C@H](C)N)c1. The van der Waals surface area contributed by atoms with Gasteiger partial charge in [0.25, 0.3) is 0 Å². The van der Waals surface area contributed by atoms with Crippen molar-refractivity contribution in [1.29, 1.82) is 0 Å². The lowest BCUT2D eigenvalue weighted by Crippen LogP contribution is -2.06. The highest BCUT2D eigenvalue weighted by Crippen LogP contribution is 2.21. The summed E-state index contributed by atoms with van der Waals surface area (Å²) in [5, 5.41) is 0. The Labute approximate surface area is 73.3 Å². The molecule has 0 aliphatic heterocycles. The van der Waals surface area contributed by atoms with E-state index in [9.17, 15) is 0 Å². The quantitative estimate of drug-likeness (QED) is 0.727. The van der Waals surface area contributed by atoms with Crippen LogP contribution < -0.4 is 10.5 Å². The van der Waals surface area contributed by atoms with Crippen molar-refractivity contribution in [2.45, 2.75) is 19.9 Å². The minimum Gasteiger partial charge on any atom is -0.497 e. The number of rotatable bonds is 2. The fraction of sp³-hybridized carbons (Fsp3) is 0.400.